The van der Waals surface area contributed by atoms with E-state index in [1.54, 1.807) is 0 Å². The van der Waals surface area contributed by atoms with Gasteiger partial charge in [0.15, 0.2) is 0 Å². The molecule has 0 fully saturated rings. The molecule has 1 atom stereocenters. The number of hydrogen-bond acceptors (Lipinski definition) is 1. The quantitative estimate of drug-likeness (QED) is 0.854. The molecule has 1 N–H and O–H groups in total. The van der Waals surface area contributed by atoms with Crippen LogP contribution >= 0.6 is 0 Å². The summed E-state index contributed by atoms with van der Waals surface area (Å²) in [6.07, 6.45) is 1.08. The Balaban J connectivity index is 2.54. The highest BCUT2D eigenvalue weighted by Crippen LogP contribution is 2.24. The van der Waals surface area contributed by atoms with E-state index in [-0.39, 0.29) is 0 Å². The maximum atomic E-state index is 3.31. The fourth-order valence-corrected chi connectivity index (χ4v) is 2.54. The number of nitrogens with zero attached hydrogens (tertiary/aromatic N) is 1. The lowest BCUT2D eigenvalue weighted by Crippen LogP contribution is -2.23. The molecule has 2 rings (SSSR count). The smallest absolute Gasteiger partial charge is 0.0515 e. The number of rotatable bonds is 4. The fourth-order valence-electron chi connectivity index (χ4n) is 2.54. The van der Waals surface area contributed by atoms with Crippen molar-refractivity contribution in [1.29, 1.82) is 0 Å². The second-order valence-corrected chi connectivity index (χ2v) is 4.78. The molecule has 2 nitrogen and oxygen atoms in total. The third-order valence-electron chi connectivity index (χ3n) is 3.55. The average molecular weight is 230 g/mol. The SMILES string of the molecule is CCn1c(C)cc2cccc(CC(C)NC)c21. The van der Waals surface area contributed by atoms with Crippen LogP contribution in [0.4, 0.5) is 0 Å². The molecule has 0 aliphatic carbocycles. The Labute approximate surface area is 104 Å². The second-order valence-electron chi connectivity index (χ2n) is 4.78. The molecule has 92 valence electrons. The molecule has 0 saturated heterocycles. The van der Waals surface area contributed by atoms with Crippen molar-refractivity contribution in [3.63, 3.8) is 0 Å². The van der Waals surface area contributed by atoms with Crippen molar-refractivity contribution >= 4 is 10.9 Å². The molecule has 0 radical (unpaired) electrons. The second kappa shape index (κ2) is 4.92. The van der Waals surface area contributed by atoms with Gasteiger partial charge in [-0.3, -0.25) is 0 Å². The summed E-state index contributed by atoms with van der Waals surface area (Å²) in [6, 6.07) is 9.43. The maximum Gasteiger partial charge on any atom is 0.0515 e. The topological polar surface area (TPSA) is 17.0 Å². The normalized spacial score (nSPS) is 13.2. The van der Waals surface area contributed by atoms with Crippen LogP contribution in [0.1, 0.15) is 25.1 Å². The zero-order chi connectivity index (χ0) is 12.4. The standard InChI is InChI=1S/C15H22N2/c1-5-17-12(3)10-14-8-6-7-13(15(14)17)9-11(2)16-4/h6-8,10-11,16H,5,9H2,1-4H3. The zero-order valence-corrected chi connectivity index (χ0v) is 11.2. The van der Waals surface area contributed by atoms with E-state index in [2.05, 4.69) is 54.9 Å². The van der Waals surface area contributed by atoms with Crippen LogP contribution in [0, 0.1) is 6.92 Å². The Hall–Kier alpha value is -1.28. The Morgan fingerprint density at radius 2 is 2.12 bits per heavy atom. The molecule has 0 aliphatic heterocycles. The molecular weight excluding hydrogens is 208 g/mol. The lowest BCUT2D eigenvalue weighted by atomic mass is 10.0. The third-order valence-corrected chi connectivity index (χ3v) is 3.55. The number of likely N-dealkylation sites (N-methyl/N-ethyl adjacent to an activating group) is 1. The minimum atomic E-state index is 0.515. The van der Waals surface area contributed by atoms with Crippen molar-refractivity contribution in [2.24, 2.45) is 0 Å². The Kier molecular flexibility index (Phi) is 3.53. The number of para-hydroxylation sites is 1. The van der Waals surface area contributed by atoms with E-state index in [4.69, 9.17) is 0 Å². The van der Waals surface area contributed by atoms with Crippen molar-refractivity contribution in [3.05, 3.63) is 35.5 Å². The fraction of sp³-hybridized carbons (Fsp3) is 0.467. The largest absolute Gasteiger partial charge is 0.345 e. The number of benzene rings is 1. The van der Waals surface area contributed by atoms with Crippen molar-refractivity contribution < 1.29 is 0 Å². The molecule has 0 bridgehead atoms. The van der Waals surface area contributed by atoms with Gasteiger partial charge in [-0.05, 0) is 45.9 Å². The van der Waals surface area contributed by atoms with Gasteiger partial charge in [-0.25, -0.2) is 0 Å². The minimum Gasteiger partial charge on any atom is -0.345 e. The minimum absolute atomic E-state index is 0.515. The van der Waals surface area contributed by atoms with Gasteiger partial charge >= 0.3 is 0 Å². The number of fused-ring (bicyclic) bond motifs is 1. The molecule has 0 saturated carbocycles. The van der Waals surface area contributed by atoms with E-state index in [0.29, 0.717) is 6.04 Å². The van der Waals surface area contributed by atoms with Crippen LogP contribution in [0.3, 0.4) is 0 Å². The number of hydrogen-bond donors (Lipinski definition) is 1. The molecule has 0 spiro atoms. The third kappa shape index (κ3) is 2.22. The summed E-state index contributed by atoms with van der Waals surface area (Å²) in [6.45, 7) is 7.67. The van der Waals surface area contributed by atoms with Gasteiger partial charge in [0.2, 0.25) is 0 Å². The lowest BCUT2D eigenvalue weighted by Gasteiger charge is -2.13. The molecule has 17 heavy (non-hydrogen) atoms. The highest BCUT2D eigenvalue weighted by molar-refractivity contribution is 5.84. The average Bonchev–Trinajstić information content (AvgIpc) is 2.65. The lowest BCUT2D eigenvalue weighted by molar-refractivity contribution is 0.608. The van der Waals surface area contributed by atoms with Gasteiger partial charge in [0, 0.05) is 23.7 Å². The van der Waals surface area contributed by atoms with Gasteiger partial charge in [0.25, 0.3) is 0 Å². The van der Waals surface area contributed by atoms with E-state index < -0.39 is 0 Å². The van der Waals surface area contributed by atoms with E-state index >= 15 is 0 Å². The molecule has 1 aromatic heterocycles. The van der Waals surface area contributed by atoms with Gasteiger partial charge < -0.3 is 9.88 Å². The molecule has 2 heteroatoms. The summed E-state index contributed by atoms with van der Waals surface area (Å²) < 4.78 is 2.41. The van der Waals surface area contributed by atoms with Crippen LogP contribution in [0.15, 0.2) is 24.3 Å². The Bertz CT molecular complexity index is 511. The van der Waals surface area contributed by atoms with E-state index in [9.17, 15) is 0 Å². The molecule has 1 heterocycles. The number of aryl methyl sites for hydroxylation is 2. The highest BCUT2D eigenvalue weighted by Gasteiger charge is 2.10. The Morgan fingerprint density at radius 1 is 1.35 bits per heavy atom. The predicted octanol–water partition coefficient (Wildman–Crippen LogP) is 3.12. The van der Waals surface area contributed by atoms with Crippen LogP contribution < -0.4 is 5.32 Å². The van der Waals surface area contributed by atoms with E-state index in [0.717, 1.165) is 13.0 Å². The molecule has 1 unspecified atom stereocenters. The van der Waals surface area contributed by atoms with Gasteiger partial charge in [-0.2, -0.15) is 0 Å². The van der Waals surface area contributed by atoms with Gasteiger partial charge in [0.05, 0.1) is 5.52 Å². The maximum absolute atomic E-state index is 3.31. The molecular formula is C15H22N2. The van der Waals surface area contributed by atoms with Gasteiger partial charge in [-0.1, -0.05) is 18.2 Å². The zero-order valence-electron chi connectivity index (χ0n) is 11.2. The first-order chi connectivity index (χ1) is 8.17. The molecule has 2 aromatic rings. The van der Waals surface area contributed by atoms with Crippen LogP contribution in [-0.4, -0.2) is 17.7 Å². The van der Waals surface area contributed by atoms with Crippen LogP contribution in [-0.2, 0) is 13.0 Å². The van der Waals surface area contributed by atoms with Crippen molar-refractivity contribution in [2.75, 3.05) is 7.05 Å². The summed E-state index contributed by atoms with van der Waals surface area (Å²) in [4.78, 5) is 0. The summed E-state index contributed by atoms with van der Waals surface area (Å²) in [5.74, 6) is 0. The molecule has 0 aliphatic rings. The number of aromatic nitrogens is 1. The van der Waals surface area contributed by atoms with Crippen molar-refractivity contribution in [2.45, 2.75) is 39.8 Å². The van der Waals surface area contributed by atoms with Gasteiger partial charge in [0.1, 0.15) is 0 Å². The highest BCUT2D eigenvalue weighted by atomic mass is 15.0. The van der Waals surface area contributed by atoms with E-state index in [1.165, 1.54) is 22.2 Å². The summed E-state index contributed by atoms with van der Waals surface area (Å²) >= 11 is 0. The van der Waals surface area contributed by atoms with Crippen molar-refractivity contribution in [1.82, 2.24) is 9.88 Å². The first-order valence-corrected chi connectivity index (χ1v) is 6.42. The van der Waals surface area contributed by atoms with Crippen LogP contribution in [0.5, 0.6) is 0 Å². The van der Waals surface area contributed by atoms with Gasteiger partial charge in [-0.15, -0.1) is 0 Å². The van der Waals surface area contributed by atoms with Crippen LogP contribution in [0.2, 0.25) is 0 Å². The Morgan fingerprint density at radius 3 is 2.76 bits per heavy atom. The molecule has 0 amide bonds. The van der Waals surface area contributed by atoms with Crippen LogP contribution in [0.25, 0.3) is 10.9 Å². The van der Waals surface area contributed by atoms with E-state index in [1.807, 2.05) is 7.05 Å². The summed E-state index contributed by atoms with van der Waals surface area (Å²) in [7, 11) is 2.02. The molecule has 1 aromatic carbocycles. The summed E-state index contributed by atoms with van der Waals surface area (Å²) in [5, 5.41) is 4.68. The summed E-state index contributed by atoms with van der Waals surface area (Å²) in [5.41, 5.74) is 4.21. The first kappa shape index (κ1) is 12.2. The predicted molar refractivity (Wildman–Crippen MR) is 74.6 cm³/mol. The first-order valence-electron chi connectivity index (χ1n) is 6.42. The monoisotopic (exact) mass is 230 g/mol. The van der Waals surface area contributed by atoms with Crippen molar-refractivity contribution in [3.8, 4) is 0 Å². The number of nitrogens with one attached hydrogen (secondary N) is 1.